The van der Waals surface area contributed by atoms with Gasteiger partial charge in [0.1, 0.15) is 0 Å². The van der Waals surface area contributed by atoms with E-state index in [-0.39, 0.29) is 0 Å². The Kier molecular flexibility index (Phi) is 8.87. The molecule has 12 rings (SSSR count). The van der Waals surface area contributed by atoms with Crippen molar-refractivity contribution in [3.63, 3.8) is 0 Å². The van der Waals surface area contributed by atoms with Gasteiger partial charge in [-0.25, -0.2) is 0 Å². The highest BCUT2D eigenvalue weighted by atomic mass is 28.3. The molecule has 0 aliphatic carbocycles. The van der Waals surface area contributed by atoms with Gasteiger partial charge in [-0.2, -0.15) is 0 Å². The summed E-state index contributed by atoms with van der Waals surface area (Å²) >= 11 is 0. The Hall–Kier alpha value is -7.98. The summed E-state index contributed by atoms with van der Waals surface area (Å²) < 4.78 is 4.91. The lowest BCUT2D eigenvalue weighted by molar-refractivity contribution is 1.17. The highest BCUT2D eigenvalue weighted by Gasteiger charge is 2.41. The maximum absolute atomic E-state index is 2.79. The average molecular weight is 819 g/mol. The molecule has 10 aromatic carbocycles. The van der Waals surface area contributed by atoms with E-state index in [0.717, 1.165) is 16.9 Å². The number of fused-ring (bicyclic) bond motifs is 6. The Balaban J connectivity index is 1.15. The predicted molar refractivity (Wildman–Crippen MR) is 270 cm³/mol. The molecule has 0 aliphatic heterocycles. The smallest absolute Gasteiger partial charge is 0.179 e. The molecular weight excluding hydrogens is 777 g/mol. The molecule has 0 amide bonds. The fourth-order valence-electron chi connectivity index (χ4n) is 10.4. The van der Waals surface area contributed by atoms with Gasteiger partial charge in [-0.05, 0) is 86.0 Å². The summed E-state index contributed by atoms with van der Waals surface area (Å²) in [4.78, 5) is 0. The number of hydrogen-bond donors (Lipinski definition) is 0. The zero-order chi connectivity index (χ0) is 41.7. The predicted octanol–water partition coefficient (Wildman–Crippen LogP) is 12.6. The first kappa shape index (κ1) is 36.8. The molecule has 2 nitrogen and oxygen atoms in total. The van der Waals surface area contributed by atoms with Crippen molar-refractivity contribution in [1.29, 1.82) is 0 Å². The maximum Gasteiger partial charge on any atom is 0.179 e. The third-order valence-electron chi connectivity index (χ3n) is 13.0. The molecule has 0 saturated carbocycles. The summed E-state index contributed by atoms with van der Waals surface area (Å²) in [5, 5.41) is 10.4. The first-order valence-electron chi connectivity index (χ1n) is 21.8. The third kappa shape index (κ3) is 5.93. The van der Waals surface area contributed by atoms with Crippen molar-refractivity contribution in [3.05, 3.63) is 255 Å². The zero-order valence-corrected chi connectivity index (χ0v) is 35.6. The normalized spacial score (nSPS) is 11.8. The van der Waals surface area contributed by atoms with E-state index >= 15 is 0 Å². The number of para-hydroxylation sites is 5. The highest BCUT2D eigenvalue weighted by Crippen LogP contribution is 2.40. The van der Waals surface area contributed by atoms with Crippen molar-refractivity contribution in [2.24, 2.45) is 0 Å². The number of benzene rings is 10. The van der Waals surface area contributed by atoms with Crippen LogP contribution in [0.1, 0.15) is 0 Å². The quantitative estimate of drug-likeness (QED) is 0.107. The molecule has 0 spiro atoms. The lowest BCUT2D eigenvalue weighted by atomic mass is 9.96. The summed E-state index contributed by atoms with van der Waals surface area (Å²) in [6, 6.07) is 94.4. The van der Waals surface area contributed by atoms with Crippen LogP contribution in [0.4, 0.5) is 0 Å². The first-order valence-corrected chi connectivity index (χ1v) is 23.8. The van der Waals surface area contributed by atoms with E-state index in [2.05, 4.69) is 264 Å². The van der Waals surface area contributed by atoms with Crippen LogP contribution in [0.2, 0.25) is 0 Å². The first-order chi connectivity index (χ1) is 31.3. The minimum Gasteiger partial charge on any atom is -0.309 e. The average Bonchev–Trinajstić information content (AvgIpc) is 3.88. The Labute approximate surface area is 368 Å². The lowest BCUT2D eigenvalue weighted by Crippen LogP contribution is -2.74. The molecule has 0 aliphatic rings. The molecular formula is C60H42N2Si. The van der Waals surface area contributed by atoms with Crippen LogP contribution in [0.15, 0.2) is 255 Å². The second kappa shape index (κ2) is 15.2. The molecule has 2 heterocycles. The van der Waals surface area contributed by atoms with Gasteiger partial charge in [0.15, 0.2) is 8.07 Å². The molecule has 0 saturated heterocycles. The third-order valence-corrected chi connectivity index (χ3v) is 17.8. The standard InChI is InChI=1S/C60H42N2Si/c1-4-22-47(23-5-1)63(48-24-6-2-7-25-48,49-26-8-3-9-27-49)50-28-20-21-43(42-50)44-39-45(41-46(40-44)61-57-35-16-11-30-52(57)53-31-12-17-36-58(53)61)51-29-10-15-34-56(51)62-59-37-18-13-32-54(59)55-33-14-19-38-60(55)62/h1-42H. The van der Waals surface area contributed by atoms with Gasteiger partial charge in [0.05, 0.1) is 27.8 Å². The van der Waals surface area contributed by atoms with Gasteiger partial charge < -0.3 is 9.13 Å². The van der Waals surface area contributed by atoms with Crippen LogP contribution in [0.25, 0.3) is 77.2 Å². The van der Waals surface area contributed by atoms with Crippen molar-refractivity contribution in [2.75, 3.05) is 0 Å². The van der Waals surface area contributed by atoms with E-state index in [4.69, 9.17) is 0 Å². The molecule has 296 valence electrons. The number of rotatable bonds is 8. The summed E-state index contributed by atoms with van der Waals surface area (Å²) in [6.45, 7) is 0. The van der Waals surface area contributed by atoms with Gasteiger partial charge in [0.2, 0.25) is 0 Å². The van der Waals surface area contributed by atoms with Crippen molar-refractivity contribution >= 4 is 72.4 Å². The summed E-state index contributed by atoms with van der Waals surface area (Å²) in [6.07, 6.45) is 0. The van der Waals surface area contributed by atoms with Crippen LogP contribution in [0.5, 0.6) is 0 Å². The molecule has 0 atom stereocenters. The van der Waals surface area contributed by atoms with Crippen LogP contribution < -0.4 is 20.7 Å². The highest BCUT2D eigenvalue weighted by molar-refractivity contribution is 7.19. The van der Waals surface area contributed by atoms with Gasteiger partial charge in [0, 0.05) is 32.8 Å². The van der Waals surface area contributed by atoms with E-state index in [0.29, 0.717) is 0 Å². The van der Waals surface area contributed by atoms with E-state index < -0.39 is 8.07 Å². The topological polar surface area (TPSA) is 9.86 Å². The molecule has 12 aromatic rings. The molecule has 2 aromatic heterocycles. The van der Waals surface area contributed by atoms with Gasteiger partial charge in [-0.15, -0.1) is 0 Å². The SMILES string of the molecule is c1ccc([Si](c2ccccc2)(c2ccccc2)c2cccc(-c3cc(-c4ccccc4-n4c5ccccc5c5ccccc54)cc(-n4c5ccccc5c5ccccc54)c3)c2)cc1. The molecule has 63 heavy (non-hydrogen) atoms. The second-order valence-corrected chi connectivity index (χ2v) is 20.3. The fourth-order valence-corrected chi connectivity index (χ4v) is 15.2. The fraction of sp³-hybridized carbons (Fsp3) is 0. The number of hydrogen-bond acceptors (Lipinski definition) is 0. The van der Waals surface area contributed by atoms with Crippen LogP contribution in [-0.4, -0.2) is 17.2 Å². The van der Waals surface area contributed by atoms with Crippen LogP contribution in [0, 0.1) is 0 Å². The number of aromatic nitrogens is 2. The monoisotopic (exact) mass is 818 g/mol. The van der Waals surface area contributed by atoms with Crippen molar-refractivity contribution in [2.45, 2.75) is 0 Å². The lowest BCUT2D eigenvalue weighted by Gasteiger charge is -2.34. The molecule has 3 heteroatoms. The number of nitrogens with zero attached hydrogens (tertiary/aromatic N) is 2. The van der Waals surface area contributed by atoms with E-state index in [1.54, 1.807) is 0 Å². The van der Waals surface area contributed by atoms with Crippen molar-refractivity contribution in [1.82, 2.24) is 9.13 Å². The Morgan fingerprint density at radius 2 is 0.651 bits per heavy atom. The van der Waals surface area contributed by atoms with Gasteiger partial charge in [0.25, 0.3) is 0 Å². The van der Waals surface area contributed by atoms with Gasteiger partial charge in [-0.3, -0.25) is 0 Å². The van der Waals surface area contributed by atoms with Gasteiger partial charge in [-0.1, -0.05) is 206 Å². The molecule has 0 unspecified atom stereocenters. The Morgan fingerprint density at radius 1 is 0.254 bits per heavy atom. The van der Waals surface area contributed by atoms with E-state index in [9.17, 15) is 0 Å². The minimum atomic E-state index is -2.79. The second-order valence-electron chi connectivity index (χ2n) is 16.5. The summed E-state index contributed by atoms with van der Waals surface area (Å²) in [5.41, 5.74) is 11.7. The van der Waals surface area contributed by atoms with E-state index in [1.807, 2.05) is 0 Å². The summed E-state index contributed by atoms with van der Waals surface area (Å²) in [5.74, 6) is 0. The Morgan fingerprint density at radius 3 is 1.16 bits per heavy atom. The molecule has 0 radical (unpaired) electrons. The molecule has 0 N–H and O–H groups in total. The molecule has 0 fully saturated rings. The van der Waals surface area contributed by atoms with Crippen molar-refractivity contribution < 1.29 is 0 Å². The van der Waals surface area contributed by atoms with E-state index in [1.165, 1.54) is 81.0 Å². The Bertz CT molecular complexity index is 3420. The van der Waals surface area contributed by atoms with Crippen LogP contribution in [-0.2, 0) is 0 Å². The molecule has 0 bridgehead atoms. The van der Waals surface area contributed by atoms with Crippen LogP contribution >= 0.6 is 0 Å². The summed E-state index contributed by atoms with van der Waals surface area (Å²) in [7, 11) is -2.79. The largest absolute Gasteiger partial charge is 0.309 e. The minimum absolute atomic E-state index is 1.13. The van der Waals surface area contributed by atoms with Crippen LogP contribution in [0.3, 0.4) is 0 Å². The van der Waals surface area contributed by atoms with Crippen molar-refractivity contribution in [3.8, 4) is 33.6 Å². The van der Waals surface area contributed by atoms with Gasteiger partial charge >= 0.3 is 0 Å². The zero-order valence-electron chi connectivity index (χ0n) is 34.6. The maximum atomic E-state index is 2.49.